The molecule has 0 aromatic heterocycles. The van der Waals surface area contributed by atoms with Crippen LogP contribution in [0.4, 0.5) is 4.39 Å². The van der Waals surface area contributed by atoms with Crippen molar-refractivity contribution in [3.63, 3.8) is 0 Å². The zero-order valence-electron chi connectivity index (χ0n) is 11.6. The standard InChI is InChI=1S/C15H20FNO2/c1-10-8-11(4-5-12(10)16)14(19)17-7-6-15(2,3)13(18)9-17/h4-5,8,13,18H,6-7,9H2,1-3H3. The summed E-state index contributed by atoms with van der Waals surface area (Å²) in [6.45, 7) is 6.60. The van der Waals surface area contributed by atoms with Gasteiger partial charge in [-0.3, -0.25) is 4.79 Å². The average Bonchev–Trinajstić information content (AvgIpc) is 2.35. The number of likely N-dealkylation sites (tertiary alicyclic amines) is 1. The number of aliphatic hydroxyl groups excluding tert-OH is 1. The first-order valence-corrected chi connectivity index (χ1v) is 6.55. The number of carbonyl (C=O) groups excluding carboxylic acids is 1. The summed E-state index contributed by atoms with van der Waals surface area (Å²) < 4.78 is 13.2. The lowest BCUT2D eigenvalue weighted by Gasteiger charge is -2.41. The Morgan fingerprint density at radius 3 is 2.74 bits per heavy atom. The monoisotopic (exact) mass is 265 g/mol. The third kappa shape index (κ3) is 2.78. The van der Waals surface area contributed by atoms with Crippen molar-refractivity contribution in [2.75, 3.05) is 13.1 Å². The van der Waals surface area contributed by atoms with Crippen LogP contribution < -0.4 is 0 Å². The van der Waals surface area contributed by atoms with Gasteiger partial charge in [0, 0.05) is 18.7 Å². The zero-order chi connectivity index (χ0) is 14.2. The molecule has 104 valence electrons. The zero-order valence-corrected chi connectivity index (χ0v) is 11.6. The number of hydrogen-bond acceptors (Lipinski definition) is 2. The molecule has 0 aliphatic carbocycles. The Hall–Kier alpha value is -1.42. The van der Waals surface area contributed by atoms with E-state index in [2.05, 4.69) is 0 Å². The van der Waals surface area contributed by atoms with Gasteiger partial charge in [0.25, 0.3) is 5.91 Å². The third-order valence-electron chi connectivity index (χ3n) is 4.01. The molecule has 3 nitrogen and oxygen atoms in total. The van der Waals surface area contributed by atoms with Crippen LogP contribution in [0.2, 0.25) is 0 Å². The first kappa shape index (κ1) is 14.0. The van der Waals surface area contributed by atoms with Gasteiger partial charge in [0.05, 0.1) is 6.10 Å². The van der Waals surface area contributed by atoms with Gasteiger partial charge in [0.1, 0.15) is 5.82 Å². The summed E-state index contributed by atoms with van der Waals surface area (Å²) in [5.41, 5.74) is 0.782. The molecule has 1 N–H and O–H groups in total. The van der Waals surface area contributed by atoms with E-state index in [1.165, 1.54) is 12.1 Å². The number of piperidine rings is 1. The number of aryl methyl sites for hydroxylation is 1. The number of β-amino-alcohol motifs (C(OH)–C–C–N with tert-alkyl or cyclic N) is 1. The van der Waals surface area contributed by atoms with Crippen LogP contribution in [0.3, 0.4) is 0 Å². The second-order valence-corrected chi connectivity index (χ2v) is 5.97. The molecule has 19 heavy (non-hydrogen) atoms. The lowest BCUT2D eigenvalue weighted by Crippen LogP contribution is -2.50. The SMILES string of the molecule is Cc1cc(C(=O)N2CCC(C)(C)C(O)C2)ccc1F. The smallest absolute Gasteiger partial charge is 0.253 e. The summed E-state index contributed by atoms with van der Waals surface area (Å²) in [4.78, 5) is 14.0. The highest BCUT2D eigenvalue weighted by Gasteiger charge is 2.36. The largest absolute Gasteiger partial charge is 0.391 e. The molecule has 1 amide bonds. The predicted octanol–water partition coefficient (Wildman–Crippen LogP) is 2.37. The first-order valence-electron chi connectivity index (χ1n) is 6.55. The van der Waals surface area contributed by atoms with Crippen LogP contribution in [0.1, 0.15) is 36.2 Å². The number of benzene rings is 1. The number of aliphatic hydroxyl groups is 1. The van der Waals surface area contributed by atoms with E-state index < -0.39 is 6.10 Å². The van der Waals surface area contributed by atoms with E-state index in [-0.39, 0.29) is 17.1 Å². The van der Waals surface area contributed by atoms with Crippen LogP contribution in [-0.4, -0.2) is 35.1 Å². The fourth-order valence-electron chi connectivity index (χ4n) is 2.28. The van der Waals surface area contributed by atoms with Crippen molar-refractivity contribution in [1.82, 2.24) is 4.90 Å². The van der Waals surface area contributed by atoms with Crippen molar-refractivity contribution in [2.24, 2.45) is 5.41 Å². The predicted molar refractivity (Wildman–Crippen MR) is 71.4 cm³/mol. The Kier molecular flexibility index (Phi) is 3.63. The Balaban J connectivity index is 2.14. The minimum Gasteiger partial charge on any atom is -0.391 e. The van der Waals surface area contributed by atoms with Crippen molar-refractivity contribution >= 4 is 5.91 Å². The second kappa shape index (κ2) is 4.93. The maximum Gasteiger partial charge on any atom is 0.253 e. The second-order valence-electron chi connectivity index (χ2n) is 5.97. The molecule has 4 heteroatoms. The lowest BCUT2D eigenvalue weighted by atomic mass is 9.80. The minimum absolute atomic E-state index is 0.141. The van der Waals surface area contributed by atoms with E-state index >= 15 is 0 Å². The molecule has 0 bridgehead atoms. The highest BCUT2D eigenvalue weighted by molar-refractivity contribution is 5.94. The maximum absolute atomic E-state index is 13.2. The Bertz CT molecular complexity index is 499. The van der Waals surface area contributed by atoms with Crippen molar-refractivity contribution in [1.29, 1.82) is 0 Å². The molecule has 1 aliphatic heterocycles. The van der Waals surface area contributed by atoms with E-state index in [1.807, 2.05) is 13.8 Å². The molecule has 1 fully saturated rings. The molecule has 1 atom stereocenters. The summed E-state index contributed by atoms with van der Waals surface area (Å²) in [5.74, 6) is -0.450. The van der Waals surface area contributed by atoms with E-state index in [1.54, 1.807) is 17.9 Å². The highest BCUT2D eigenvalue weighted by Crippen LogP contribution is 2.30. The van der Waals surface area contributed by atoms with Crippen molar-refractivity contribution in [3.05, 3.63) is 35.1 Å². The summed E-state index contributed by atoms with van der Waals surface area (Å²) >= 11 is 0. The van der Waals surface area contributed by atoms with Crippen molar-refractivity contribution in [2.45, 2.75) is 33.3 Å². The fourth-order valence-corrected chi connectivity index (χ4v) is 2.28. The van der Waals surface area contributed by atoms with E-state index in [9.17, 15) is 14.3 Å². The number of carbonyl (C=O) groups is 1. The summed E-state index contributed by atoms with van der Waals surface area (Å²) in [6, 6.07) is 4.37. The molecule has 1 heterocycles. The molecular weight excluding hydrogens is 245 g/mol. The number of amides is 1. The van der Waals surface area contributed by atoms with E-state index in [4.69, 9.17) is 0 Å². The number of nitrogens with zero attached hydrogens (tertiary/aromatic N) is 1. The lowest BCUT2D eigenvalue weighted by molar-refractivity contribution is -0.0190. The summed E-state index contributed by atoms with van der Waals surface area (Å²) in [6.07, 6.45) is 0.242. The molecule has 1 aromatic rings. The molecule has 1 unspecified atom stereocenters. The maximum atomic E-state index is 13.2. The third-order valence-corrected chi connectivity index (χ3v) is 4.01. The Morgan fingerprint density at radius 2 is 2.16 bits per heavy atom. The van der Waals surface area contributed by atoms with Crippen LogP contribution in [0, 0.1) is 18.2 Å². The number of halogens is 1. The van der Waals surface area contributed by atoms with Gasteiger partial charge in [0.15, 0.2) is 0 Å². The summed E-state index contributed by atoms with van der Waals surface area (Å²) in [7, 11) is 0. The quantitative estimate of drug-likeness (QED) is 0.847. The Labute approximate surface area is 113 Å². The van der Waals surface area contributed by atoms with E-state index in [0.29, 0.717) is 24.2 Å². The van der Waals surface area contributed by atoms with Gasteiger partial charge in [0.2, 0.25) is 0 Å². The number of hydrogen-bond donors (Lipinski definition) is 1. The normalized spacial score (nSPS) is 22.4. The molecule has 0 saturated carbocycles. The van der Waals surface area contributed by atoms with Gasteiger partial charge in [-0.1, -0.05) is 13.8 Å². The van der Waals surface area contributed by atoms with Crippen LogP contribution in [0.5, 0.6) is 0 Å². The van der Waals surface area contributed by atoms with Gasteiger partial charge < -0.3 is 10.0 Å². The first-order chi connectivity index (χ1) is 8.81. The van der Waals surface area contributed by atoms with Crippen LogP contribution in [0.15, 0.2) is 18.2 Å². The molecule has 1 saturated heterocycles. The van der Waals surface area contributed by atoms with Gasteiger partial charge in [-0.05, 0) is 42.5 Å². The van der Waals surface area contributed by atoms with Crippen molar-refractivity contribution in [3.8, 4) is 0 Å². The molecular formula is C15H20FNO2. The van der Waals surface area contributed by atoms with Crippen molar-refractivity contribution < 1.29 is 14.3 Å². The average molecular weight is 265 g/mol. The number of rotatable bonds is 1. The fraction of sp³-hybridized carbons (Fsp3) is 0.533. The van der Waals surface area contributed by atoms with Crippen LogP contribution >= 0.6 is 0 Å². The topological polar surface area (TPSA) is 40.5 Å². The molecule has 1 aliphatic rings. The van der Waals surface area contributed by atoms with E-state index in [0.717, 1.165) is 6.42 Å². The van der Waals surface area contributed by atoms with Gasteiger partial charge in [-0.2, -0.15) is 0 Å². The van der Waals surface area contributed by atoms with Crippen LogP contribution in [0.25, 0.3) is 0 Å². The molecule has 0 radical (unpaired) electrons. The summed E-state index contributed by atoms with van der Waals surface area (Å²) in [5, 5.41) is 10.0. The van der Waals surface area contributed by atoms with Gasteiger partial charge in [-0.25, -0.2) is 4.39 Å². The molecule has 1 aromatic carbocycles. The van der Waals surface area contributed by atoms with Gasteiger partial charge >= 0.3 is 0 Å². The Morgan fingerprint density at radius 1 is 1.47 bits per heavy atom. The molecule has 2 rings (SSSR count). The van der Waals surface area contributed by atoms with Crippen LogP contribution in [-0.2, 0) is 0 Å². The molecule has 0 spiro atoms. The van der Waals surface area contributed by atoms with Gasteiger partial charge in [-0.15, -0.1) is 0 Å². The highest BCUT2D eigenvalue weighted by atomic mass is 19.1. The minimum atomic E-state index is -0.522.